The van der Waals surface area contributed by atoms with Gasteiger partial charge < -0.3 is 9.08 Å². The van der Waals surface area contributed by atoms with Crippen molar-refractivity contribution in [3.8, 4) is 5.69 Å². The van der Waals surface area contributed by atoms with E-state index in [1.165, 1.54) is 13.6 Å². The Balaban J connectivity index is 1.70. The van der Waals surface area contributed by atoms with Crippen molar-refractivity contribution in [2.45, 2.75) is 38.8 Å². The van der Waals surface area contributed by atoms with E-state index in [0.717, 1.165) is 5.56 Å². The molecule has 1 aliphatic rings. The summed E-state index contributed by atoms with van der Waals surface area (Å²) in [6.07, 6.45) is 0. The van der Waals surface area contributed by atoms with Crippen molar-refractivity contribution in [2.24, 2.45) is 0 Å². The van der Waals surface area contributed by atoms with Gasteiger partial charge in [0.05, 0.1) is 12.2 Å². The van der Waals surface area contributed by atoms with E-state index in [1.54, 1.807) is 13.8 Å². The maximum Gasteiger partial charge on any atom is 0.350 e. The number of fused-ring (bicyclic) bond motifs is 1. The topological polar surface area (TPSA) is 109 Å². The first-order valence-corrected chi connectivity index (χ1v) is 9.92. The molecular formula is C17H19N5O4S. The van der Waals surface area contributed by atoms with Gasteiger partial charge in [-0.25, -0.2) is 4.79 Å². The molecule has 0 amide bonds. The molecule has 0 N–H and O–H groups in total. The maximum atomic E-state index is 13.0. The molecule has 3 aromatic rings. The zero-order chi connectivity index (χ0) is 19.3. The molecule has 142 valence electrons. The van der Waals surface area contributed by atoms with Crippen LogP contribution in [0.5, 0.6) is 0 Å². The van der Waals surface area contributed by atoms with Crippen LogP contribution in [-0.2, 0) is 27.7 Å². The molecule has 0 fully saturated rings. The molecule has 4 rings (SSSR count). The van der Waals surface area contributed by atoms with E-state index in [9.17, 15) is 13.6 Å². The van der Waals surface area contributed by atoms with Crippen LogP contribution in [0.15, 0.2) is 38.5 Å². The van der Waals surface area contributed by atoms with Crippen LogP contribution in [0.3, 0.4) is 0 Å². The summed E-state index contributed by atoms with van der Waals surface area (Å²) in [5.74, 6) is 0.655. The molecule has 1 aliphatic heterocycles. The Kier molecular flexibility index (Phi) is 4.13. The summed E-state index contributed by atoms with van der Waals surface area (Å²) in [4.78, 5) is 12.7. The van der Waals surface area contributed by atoms with Crippen LogP contribution < -0.4 is 5.69 Å². The van der Waals surface area contributed by atoms with E-state index in [1.807, 2.05) is 31.2 Å². The second-order valence-corrected chi connectivity index (χ2v) is 8.46. The van der Waals surface area contributed by atoms with Crippen molar-refractivity contribution in [2.75, 3.05) is 6.54 Å². The van der Waals surface area contributed by atoms with Crippen LogP contribution in [0.1, 0.15) is 22.8 Å². The van der Waals surface area contributed by atoms with E-state index in [-0.39, 0.29) is 36.0 Å². The Morgan fingerprint density at radius 1 is 1.15 bits per heavy atom. The number of aromatic nitrogens is 4. The van der Waals surface area contributed by atoms with E-state index in [4.69, 9.17) is 4.52 Å². The number of rotatable bonds is 3. The maximum absolute atomic E-state index is 13.0. The lowest BCUT2D eigenvalue weighted by Gasteiger charge is -2.29. The van der Waals surface area contributed by atoms with E-state index >= 15 is 0 Å². The van der Waals surface area contributed by atoms with Gasteiger partial charge >= 0.3 is 5.69 Å². The minimum atomic E-state index is -3.78. The third kappa shape index (κ3) is 2.85. The van der Waals surface area contributed by atoms with Crippen molar-refractivity contribution in [1.29, 1.82) is 0 Å². The highest BCUT2D eigenvalue weighted by molar-refractivity contribution is 7.95. The third-order valence-electron chi connectivity index (χ3n) is 4.67. The van der Waals surface area contributed by atoms with E-state index in [0.29, 0.717) is 17.2 Å². The number of aryl methyl sites for hydroxylation is 3. The van der Waals surface area contributed by atoms with Gasteiger partial charge in [-0.3, -0.25) is 4.57 Å². The lowest BCUT2D eigenvalue weighted by atomic mass is 10.2. The predicted molar refractivity (Wildman–Crippen MR) is 96.0 cm³/mol. The molecule has 0 spiro atoms. The van der Waals surface area contributed by atoms with Crippen LogP contribution in [-0.4, -0.2) is 34.9 Å². The highest BCUT2D eigenvalue weighted by Gasteiger charge is 2.39. The molecule has 1 atom stereocenters. The lowest BCUT2D eigenvalue weighted by molar-refractivity contribution is 0.298. The van der Waals surface area contributed by atoms with Crippen LogP contribution >= 0.6 is 0 Å². The normalized spacial score (nSPS) is 16.9. The fraction of sp³-hybridized carbons (Fsp3) is 0.353. The van der Waals surface area contributed by atoms with Gasteiger partial charge in [0, 0.05) is 13.5 Å². The van der Waals surface area contributed by atoms with Crippen molar-refractivity contribution in [1.82, 2.24) is 23.8 Å². The number of nitrogens with zero attached hydrogens (tertiary/aromatic N) is 5. The first-order chi connectivity index (χ1) is 12.8. The van der Waals surface area contributed by atoms with Crippen molar-refractivity contribution < 1.29 is 13.3 Å². The standard InChI is InChI=1S/C17H19N5O4S/c1-11-4-6-14(7-5-11)22-17(23)21-9-8-20(10-15(21)18-22)27(24,25)16-12(2)19-26-13(16)3/h4-7H,8-10H2,1-3H3. The summed E-state index contributed by atoms with van der Waals surface area (Å²) < 4.78 is 35.1. The van der Waals surface area contributed by atoms with Crippen LogP contribution in [0.25, 0.3) is 5.69 Å². The fourth-order valence-corrected chi connectivity index (χ4v) is 4.93. The van der Waals surface area contributed by atoms with Crippen molar-refractivity contribution in [3.63, 3.8) is 0 Å². The Morgan fingerprint density at radius 3 is 2.48 bits per heavy atom. The Hall–Kier alpha value is -2.56. The van der Waals surface area contributed by atoms with Gasteiger partial charge in [0.2, 0.25) is 4.90 Å². The SMILES string of the molecule is Cc1ccc(-n2nc3n(c2=O)CCN([S+](=O)([O-])c2c(C)noc2C)C3)cc1. The van der Waals surface area contributed by atoms with Gasteiger partial charge in [-0.1, -0.05) is 27.1 Å². The number of hydrogen-bond acceptors (Lipinski definition) is 6. The van der Waals surface area contributed by atoms with Crippen LogP contribution in [0.4, 0.5) is 0 Å². The molecular weight excluding hydrogens is 370 g/mol. The average Bonchev–Trinajstić information content (AvgIpc) is 3.15. The molecule has 10 heteroatoms. The van der Waals surface area contributed by atoms with Crippen LogP contribution in [0.2, 0.25) is 0 Å². The van der Waals surface area contributed by atoms with E-state index < -0.39 is 10.4 Å². The fourth-order valence-electron chi connectivity index (χ4n) is 3.26. The summed E-state index contributed by atoms with van der Waals surface area (Å²) in [6, 6.07) is 7.42. The summed E-state index contributed by atoms with van der Waals surface area (Å²) in [5, 5.41) is 8.09. The lowest BCUT2D eigenvalue weighted by Crippen LogP contribution is -2.44. The van der Waals surface area contributed by atoms with Crippen LogP contribution in [0, 0.1) is 20.8 Å². The van der Waals surface area contributed by atoms with Gasteiger partial charge in [0.15, 0.2) is 22.0 Å². The molecule has 0 radical (unpaired) electrons. The third-order valence-corrected chi connectivity index (χ3v) is 6.76. The molecule has 0 saturated heterocycles. The number of hydrogen-bond donors (Lipinski definition) is 0. The monoisotopic (exact) mass is 389 g/mol. The first kappa shape index (κ1) is 17.8. The van der Waals surface area contributed by atoms with Gasteiger partial charge in [0.25, 0.3) is 0 Å². The number of benzene rings is 1. The van der Waals surface area contributed by atoms with Crippen molar-refractivity contribution in [3.05, 3.63) is 57.6 Å². The zero-order valence-corrected chi connectivity index (χ0v) is 16.0. The summed E-state index contributed by atoms with van der Waals surface area (Å²) in [7, 11) is -3.78. The molecule has 3 heterocycles. The second kappa shape index (κ2) is 6.25. The molecule has 9 nitrogen and oxygen atoms in total. The first-order valence-electron chi connectivity index (χ1n) is 8.48. The summed E-state index contributed by atoms with van der Waals surface area (Å²) in [5.41, 5.74) is 1.77. The molecule has 0 saturated carbocycles. The summed E-state index contributed by atoms with van der Waals surface area (Å²) >= 11 is 0. The molecule has 1 aromatic carbocycles. The highest BCUT2D eigenvalue weighted by Crippen LogP contribution is 2.29. The van der Waals surface area contributed by atoms with Gasteiger partial charge in [-0.05, 0) is 26.0 Å². The zero-order valence-electron chi connectivity index (χ0n) is 15.2. The Bertz CT molecular complexity index is 1090. The second-order valence-electron chi connectivity index (χ2n) is 6.59. The number of sulfonamides is 1. The minimum Gasteiger partial charge on any atom is -0.593 e. The molecule has 2 aromatic heterocycles. The quantitative estimate of drug-likeness (QED) is 0.626. The van der Waals surface area contributed by atoms with Crippen molar-refractivity contribution >= 4 is 10.4 Å². The smallest absolute Gasteiger partial charge is 0.350 e. The minimum absolute atomic E-state index is 0.0144. The molecule has 0 aliphatic carbocycles. The molecule has 27 heavy (non-hydrogen) atoms. The predicted octanol–water partition coefficient (Wildman–Crippen LogP) is 1.37. The summed E-state index contributed by atoms with van der Waals surface area (Å²) in [6.45, 7) is 5.55. The Labute approximate surface area is 156 Å². The van der Waals surface area contributed by atoms with Gasteiger partial charge in [-0.15, -0.1) is 9.40 Å². The van der Waals surface area contributed by atoms with Gasteiger partial charge in [-0.2, -0.15) is 4.68 Å². The highest BCUT2D eigenvalue weighted by atomic mass is 32.3. The van der Waals surface area contributed by atoms with E-state index in [2.05, 4.69) is 10.3 Å². The Morgan fingerprint density at radius 2 is 1.85 bits per heavy atom. The van der Waals surface area contributed by atoms with Gasteiger partial charge in [0.1, 0.15) is 12.2 Å². The average molecular weight is 389 g/mol. The largest absolute Gasteiger partial charge is 0.593 e. The molecule has 0 bridgehead atoms. The molecule has 1 unspecified atom stereocenters.